The van der Waals surface area contributed by atoms with Crippen LogP contribution < -0.4 is 0 Å². The number of rotatable bonds is 5. The highest BCUT2D eigenvalue weighted by atomic mass is 19.4. The maximum Gasteiger partial charge on any atom is 0.416 e. The van der Waals surface area contributed by atoms with Gasteiger partial charge >= 0.3 is 12.1 Å². The number of benzene rings is 1. The molecule has 0 unspecified atom stereocenters. The van der Waals surface area contributed by atoms with Gasteiger partial charge in [-0.1, -0.05) is 31.1 Å². The standard InChI is InChI=1S/C16H18F3N3O2/c1-9(2)14(21-22-20)13-8-11(15(23)24-13)7-10-3-5-12(6-4-10)16(17,18)19/h3-6,9,11,13-14H,7-8H2,1-2H3/t11-,13+,14+/m1/s1. The summed E-state index contributed by atoms with van der Waals surface area (Å²) < 4.78 is 43.0. The highest BCUT2D eigenvalue weighted by Gasteiger charge is 2.39. The molecule has 1 aromatic rings. The predicted molar refractivity (Wildman–Crippen MR) is 80.9 cm³/mol. The van der Waals surface area contributed by atoms with Crippen molar-refractivity contribution in [2.75, 3.05) is 0 Å². The first kappa shape index (κ1) is 18.1. The van der Waals surface area contributed by atoms with Gasteiger partial charge in [-0.15, -0.1) is 0 Å². The van der Waals surface area contributed by atoms with Gasteiger partial charge in [0.25, 0.3) is 0 Å². The third-order valence-electron chi connectivity index (χ3n) is 4.13. The molecular formula is C16H18F3N3O2. The molecule has 1 aliphatic rings. The van der Waals surface area contributed by atoms with Gasteiger partial charge < -0.3 is 4.74 Å². The number of hydrogen-bond acceptors (Lipinski definition) is 3. The number of nitrogens with zero attached hydrogens (tertiary/aromatic N) is 3. The summed E-state index contributed by atoms with van der Waals surface area (Å²) in [5.74, 6) is -0.830. The molecule has 2 rings (SSSR count). The third-order valence-corrected chi connectivity index (χ3v) is 4.13. The number of carbonyl (C=O) groups is 1. The van der Waals surface area contributed by atoms with Crippen LogP contribution in [0.4, 0.5) is 13.2 Å². The van der Waals surface area contributed by atoms with Crippen LogP contribution in [0.2, 0.25) is 0 Å². The van der Waals surface area contributed by atoms with Gasteiger partial charge in [-0.25, -0.2) is 0 Å². The molecular weight excluding hydrogens is 323 g/mol. The molecule has 24 heavy (non-hydrogen) atoms. The number of cyclic esters (lactones) is 1. The molecule has 8 heteroatoms. The lowest BCUT2D eigenvalue weighted by molar-refractivity contribution is -0.145. The Morgan fingerprint density at radius 1 is 1.33 bits per heavy atom. The molecule has 130 valence electrons. The minimum absolute atomic E-state index is 0.0171. The van der Waals surface area contributed by atoms with Crippen LogP contribution >= 0.6 is 0 Å². The van der Waals surface area contributed by atoms with Crippen molar-refractivity contribution < 1.29 is 22.7 Å². The molecule has 1 fully saturated rings. The van der Waals surface area contributed by atoms with E-state index in [4.69, 9.17) is 10.3 Å². The normalized spacial score (nSPS) is 22.2. The van der Waals surface area contributed by atoms with Gasteiger partial charge in [-0.05, 0) is 42.0 Å². The Kier molecular flexibility index (Phi) is 5.39. The van der Waals surface area contributed by atoms with E-state index < -0.39 is 35.8 Å². The van der Waals surface area contributed by atoms with Crippen molar-refractivity contribution in [3.63, 3.8) is 0 Å². The predicted octanol–water partition coefficient (Wildman–Crippen LogP) is 4.51. The Hall–Kier alpha value is -2.21. The topological polar surface area (TPSA) is 75.1 Å². The van der Waals surface area contributed by atoms with E-state index in [1.807, 2.05) is 13.8 Å². The monoisotopic (exact) mass is 341 g/mol. The van der Waals surface area contributed by atoms with Crippen molar-refractivity contribution in [1.29, 1.82) is 0 Å². The minimum Gasteiger partial charge on any atom is -0.462 e. The molecule has 0 N–H and O–H groups in total. The molecule has 1 aromatic carbocycles. The molecule has 5 nitrogen and oxygen atoms in total. The van der Waals surface area contributed by atoms with Crippen LogP contribution in [0.1, 0.15) is 31.4 Å². The molecule has 1 heterocycles. The highest BCUT2D eigenvalue weighted by molar-refractivity contribution is 5.75. The van der Waals surface area contributed by atoms with Crippen LogP contribution in [0.25, 0.3) is 10.4 Å². The van der Waals surface area contributed by atoms with Crippen LogP contribution in [0, 0.1) is 11.8 Å². The zero-order valence-corrected chi connectivity index (χ0v) is 13.3. The van der Waals surface area contributed by atoms with Crippen LogP contribution in [-0.2, 0) is 22.1 Å². The van der Waals surface area contributed by atoms with Crippen molar-refractivity contribution in [2.45, 2.75) is 45.0 Å². The summed E-state index contributed by atoms with van der Waals surface area (Å²) in [5, 5.41) is 3.70. The zero-order chi connectivity index (χ0) is 17.9. The smallest absolute Gasteiger partial charge is 0.416 e. The maximum atomic E-state index is 12.6. The first-order valence-electron chi connectivity index (χ1n) is 7.63. The number of alkyl halides is 3. The van der Waals surface area contributed by atoms with Crippen molar-refractivity contribution in [1.82, 2.24) is 0 Å². The van der Waals surface area contributed by atoms with E-state index in [1.54, 1.807) is 0 Å². The molecule has 0 radical (unpaired) electrons. The Labute approximate surface area is 137 Å². The first-order valence-corrected chi connectivity index (χ1v) is 7.63. The second kappa shape index (κ2) is 7.13. The molecule has 0 saturated carbocycles. The number of ether oxygens (including phenoxy) is 1. The Morgan fingerprint density at radius 2 is 1.96 bits per heavy atom. The lowest BCUT2D eigenvalue weighted by atomic mass is 9.90. The van der Waals surface area contributed by atoms with Gasteiger partial charge in [0.1, 0.15) is 6.10 Å². The molecule has 0 spiro atoms. The fraction of sp³-hybridized carbons (Fsp3) is 0.562. The number of hydrogen-bond donors (Lipinski definition) is 0. The lowest BCUT2D eigenvalue weighted by Crippen LogP contribution is -2.28. The van der Waals surface area contributed by atoms with E-state index >= 15 is 0 Å². The lowest BCUT2D eigenvalue weighted by Gasteiger charge is -2.20. The summed E-state index contributed by atoms with van der Waals surface area (Å²) >= 11 is 0. The van der Waals surface area contributed by atoms with Crippen LogP contribution in [0.5, 0.6) is 0 Å². The van der Waals surface area contributed by atoms with E-state index in [1.165, 1.54) is 12.1 Å². The molecule has 0 bridgehead atoms. The van der Waals surface area contributed by atoms with Gasteiger partial charge in [0.05, 0.1) is 17.5 Å². The van der Waals surface area contributed by atoms with E-state index in [0.717, 1.165) is 12.1 Å². The van der Waals surface area contributed by atoms with Crippen molar-refractivity contribution >= 4 is 5.97 Å². The first-order chi connectivity index (χ1) is 11.2. The fourth-order valence-electron chi connectivity index (χ4n) is 2.86. The maximum absolute atomic E-state index is 12.6. The third kappa shape index (κ3) is 4.20. The van der Waals surface area contributed by atoms with Gasteiger partial charge in [0.2, 0.25) is 0 Å². The minimum atomic E-state index is -4.38. The number of azide groups is 1. The quantitative estimate of drug-likeness (QED) is 0.342. The van der Waals surface area contributed by atoms with Gasteiger partial charge in [-0.2, -0.15) is 13.2 Å². The number of halogens is 3. The number of carbonyl (C=O) groups excluding carboxylic acids is 1. The average Bonchev–Trinajstić information content (AvgIpc) is 2.84. The zero-order valence-electron chi connectivity index (χ0n) is 13.3. The SMILES string of the molecule is CC(C)[C@H](N=[N+]=[N-])[C@@H]1C[C@@H](Cc2ccc(C(F)(F)F)cc2)C(=O)O1. The van der Waals surface area contributed by atoms with Crippen molar-refractivity contribution in [3.8, 4) is 0 Å². The second-order valence-electron chi connectivity index (χ2n) is 6.25. The summed E-state index contributed by atoms with van der Waals surface area (Å²) in [4.78, 5) is 14.8. The molecule has 0 aromatic heterocycles. The average molecular weight is 341 g/mol. The summed E-state index contributed by atoms with van der Waals surface area (Å²) in [6.07, 6.45) is -4.18. The molecule has 0 amide bonds. The van der Waals surface area contributed by atoms with Crippen LogP contribution in [-0.4, -0.2) is 18.1 Å². The van der Waals surface area contributed by atoms with Crippen molar-refractivity contribution in [2.24, 2.45) is 17.0 Å². The summed E-state index contributed by atoms with van der Waals surface area (Å²) in [5.41, 5.74) is 8.54. The van der Waals surface area contributed by atoms with E-state index in [2.05, 4.69) is 10.0 Å². The molecule has 0 aliphatic carbocycles. The fourth-order valence-corrected chi connectivity index (χ4v) is 2.86. The molecule has 3 atom stereocenters. The summed E-state index contributed by atoms with van der Waals surface area (Å²) in [6, 6.07) is 4.30. The Balaban J connectivity index is 2.06. The summed E-state index contributed by atoms with van der Waals surface area (Å²) in [6.45, 7) is 3.74. The Morgan fingerprint density at radius 3 is 2.46 bits per heavy atom. The van der Waals surface area contributed by atoms with E-state index in [-0.39, 0.29) is 5.92 Å². The van der Waals surface area contributed by atoms with E-state index in [0.29, 0.717) is 18.4 Å². The summed E-state index contributed by atoms with van der Waals surface area (Å²) in [7, 11) is 0. The van der Waals surface area contributed by atoms with Gasteiger partial charge in [0.15, 0.2) is 0 Å². The Bertz CT molecular complexity index is 637. The second-order valence-corrected chi connectivity index (χ2v) is 6.25. The van der Waals surface area contributed by atoms with Crippen molar-refractivity contribution in [3.05, 3.63) is 45.8 Å². The number of esters is 1. The van der Waals surface area contributed by atoms with Gasteiger partial charge in [-0.3, -0.25) is 4.79 Å². The largest absolute Gasteiger partial charge is 0.462 e. The highest BCUT2D eigenvalue weighted by Crippen LogP contribution is 2.32. The van der Waals surface area contributed by atoms with Crippen LogP contribution in [0.15, 0.2) is 29.4 Å². The molecule has 1 saturated heterocycles. The van der Waals surface area contributed by atoms with E-state index in [9.17, 15) is 18.0 Å². The van der Waals surface area contributed by atoms with Gasteiger partial charge in [0, 0.05) is 4.91 Å². The van der Waals surface area contributed by atoms with Crippen LogP contribution in [0.3, 0.4) is 0 Å². The molecule has 1 aliphatic heterocycles.